The highest BCUT2D eigenvalue weighted by molar-refractivity contribution is 6.31. The first kappa shape index (κ1) is 12.8. The van der Waals surface area contributed by atoms with Gasteiger partial charge in [0.1, 0.15) is 0 Å². The number of halogens is 1. The fourth-order valence-corrected chi connectivity index (χ4v) is 3.09. The predicted molar refractivity (Wildman–Crippen MR) is 72.2 cm³/mol. The molecule has 0 aliphatic heterocycles. The van der Waals surface area contributed by atoms with E-state index in [1.54, 1.807) is 6.20 Å². The van der Waals surface area contributed by atoms with Crippen LogP contribution in [0.15, 0.2) is 18.5 Å². The van der Waals surface area contributed by atoms with Gasteiger partial charge in [-0.2, -0.15) is 0 Å². The van der Waals surface area contributed by atoms with Crippen molar-refractivity contribution in [2.75, 3.05) is 6.54 Å². The standard InChI is InChI=1S/C14H21ClN2/c1-2-17-14(11-6-4-3-5-7-11)12-8-9-16-10-13(12)15/h8-11,14,17H,2-7H2,1H3. The van der Waals surface area contributed by atoms with Crippen molar-refractivity contribution in [1.82, 2.24) is 10.3 Å². The lowest BCUT2D eigenvalue weighted by Gasteiger charge is -2.31. The van der Waals surface area contributed by atoms with Crippen molar-refractivity contribution in [3.63, 3.8) is 0 Å². The molecule has 1 saturated carbocycles. The van der Waals surface area contributed by atoms with E-state index in [0.29, 0.717) is 6.04 Å². The van der Waals surface area contributed by atoms with Gasteiger partial charge in [-0.15, -0.1) is 0 Å². The molecule has 0 radical (unpaired) electrons. The molecule has 0 spiro atoms. The third-order valence-corrected chi connectivity index (χ3v) is 4.00. The fourth-order valence-electron chi connectivity index (χ4n) is 2.86. The van der Waals surface area contributed by atoms with Crippen molar-refractivity contribution >= 4 is 11.6 Å². The molecule has 0 bridgehead atoms. The van der Waals surface area contributed by atoms with Crippen LogP contribution in [0.25, 0.3) is 0 Å². The maximum Gasteiger partial charge on any atom is 0.0637 e. The highest BCUT2D eigenvalue weighted by Crippen LogP contribution is 2.36. The Labute approximate surface area is 109 Å². The quantitative estimate of drug-likeness (QED) is 0.877. The van der Waals surface area contributed by atoms with Crippen LogP contribution < -0.4 is 5.32 Å². The maximum absolute atomic E-state index is 6.27. The van der Waals surface area contributed by atoms with Gasteiger partial charge < -0.3 is 5.32 Å². The Balaban J connectivity index is 2.18. The Kier molecular flexibility index (Phi) is 4.81. The van der Waals surface area contributed by atoms with Gasteiger partial charge in [-0.05, 0) is 36.9 Å². The third-order valence-electron chi connectivity index (χ3n) is 3.68. The van der Waals surface area contributed by atoms with Gasteiger partial charge in [-0.25, -0.2) is 0 Å². The van der Waals surface area contributed by atoms with Crippen LogP contribution in [-0.2, 0) is 0 Å². The summed E-state index contributed by atoms with van der Waals surface area (Å²) >= 11 is 6.27. The number of hydrogen-bond donors (Lipinski definition) is 1. The molecule has 0 saturated heterocycles. The van der Waals surface area contributed by atoms with Crippen LogP contribution in [0.1, 0.15) is 50.6 Å². The number of nitrogens with zero attached hydrogens (tertiary/aromatic N) is 1. The lowest BCUT2D eigenvalue weighted by Crippen LogP contribution is -2.29. The molecule has 2 rings (SSSR count). The van der Waals surface area contributed by atoms with Crippen LogP contribution in [0.5, 0.6) is 0 Å². The molecule has 1 fully saturated rings. The fraction of sp³-hybridized carbons (Fsp3) is 0.643. The summed E-state index contributed by atoms with van der Waals surface area (Å²) in [4.78, 5) is 4.07. The third kappa shape index (κ3) is 3.20. The SMILES string of the molecule is CCNC(c1ccncc1Cl)C1CCCCC1. The van der Waals surface area contributed by atoms with Crippen molar-refractivity contribution in [3.8, 4) is 0 Å². The van der Waals surface area contributed by atoms with Gasteiger partial charge in [-0.1, -0.05) is 37.8 Å². The molecule has 17 heavy (non-hydrogen) atoms. The first-order valence-electron chi connectivity index (χ1n) is 6.65. The van der Waals surface area contributed by atoms with Crippen molar-refractivity contribution in [2.45, 2.75) is 45.1 Å². The van der Waals surface area contributed by atoms with Crippen molar-refractivity contribution in [1.29, 1.82) is 0 Å². The Morgan fingerprint density at radius 3 is 2.82 bits per heavy atom. The number of nitrogens with one attached hydrogen (secondary N) is 1. The van der Waals surface area contributed by atoms with Gasteiger partial charge in [0.2, 0.25) is 0 Å². The van der Waals surface area contributed by atoms with Crippen molar-refractivity contribution in [3.05, 3.63) is 29.0 Å². The summed E-state index contributed by atoms with van der Waals surface area (Å²) in [6.07, 6.45) is 10.3. The predicted octanol–water partition coefficient (Wildman–Crippen LogP) is 3.97. The van der Waals surface area contributed by atoms with Gasteiger partial charge in [0, 0.05) is 18.4 Å². The molecule has 0 amide bonds. The second-order valence-electron chi connectivity index (χ2n) is 4.83. The summed E-state index contributed by atoms with van der Waals surface area (Å²) in [5, 5.41) is 4.39. The first-order valence-corrected chi connectivity index (χ1v) is 7.03. The molecule has 1 N–H and O–H groups in total. The largest absolute Gasteiger partial charge is 0.310 e. The Morgan fingerprint density at radius 1 is 1.41 bits per heavy atom. The van der Waals surface area contributed by atoms with Crippen LogP contribution in [0.2, 0.25) is 5.02 Å². The molecule has 1 atom stereocenters. The van der Waals surface area contributed by atoms with Gasteiger partial charge in [-0.3, -0.25) is 4.98 Å². The summed E-state index contributed by atoms with van der Waals surface area (Å²) in [6, 6.07) is 2.46. The van der Waals surface area contributed by atoms with Gasteiger partial charge >= 0.3 is 0 Å². The Morgan fingerprint density at radius 2 is 2.18 bits per heavy atom. The first-order chi connectivity index (χ1) is 8.33. The van der Waals surface area contributed by atoms with E-state index in [1.807, 2.05) is 6.20 Å². The van der Waals surface area contributed by atoms with Crippen LogP contribution in [0.4, 0.5) is 0 Å². The molecule has 94 valence electrons. The molecule has 1 aliphatic carbocycles. The van der Waals surface area contributed by atoms with Gasteiger partial charge in [0.15, 0.2) is 0 Å². The number of aromatic nitrogens is 1. The van der Waals surface area contributed by atoms with Crippen molar-refractivity contribution < 1.29 is 0 Å². The second kappa shape index (κ2) is 6.36. The molecular weight excluding hydrogens is 232 g/mol. The molecule has 3 heteroatoms. The Bertz CT molecular complexity index is 348. The van der Waals surface area contributed by atoms with Crippen LogP contribution in [-0.4, -0.2) is 11.5 Å². The summed E-state index contributed by atoms with van der Waals surface area (Å²) in [6.45, 7) is 3.14. The number of pyridine rings is 1. The molecular formula is C14H21ClN2. The zero-order chi connectivity index (χ0) is 12.1. The molecule has 0 aromatic carbocycles. The topological polar surface area (TPSA) is 24.9 Å². The second-order valence-corrected chi connectivity index (χ2v) is 5.24. The molecule has 1 aromatic rings. The average molecular weight is 253 g/mol. The van der Waals surface area contributed by atoms with E-state index in [1.165, 1.54) is 37.7 Å². The van der Waals surface area contributed by atoms with E-state index in [-0.39, 0.29) is 0 Å². The minimum absolute atomic E-state index is 0.399. The van der Waals surface area contributed by atoms with E-state index in [0.717, 1.165) is 17.5 Å². The summed E-state index contributed by atoms with van der Waals surface area (Å²) in [5.41, 5.74) is 1.22. The zero-order valence-electron chi connectivity index (χ0n) is 10.5. The average Bonchev–Trinajstić information content (AvgIpc) is 2.38. The normalized spacial score (nSPS) is 19.2. The smallest absolute Gasteiger partial charge is 0.0637 e. The van der Waals surface area contributed by atoms with Gasteiger partial charge in [0.05, 0.1) is 5.02 Å². The Hall–Kier alpha value is -0.600. The molecule has 1 heterocycles. The van der Waals surface area contributed by atoms with Gasteiger partial charge in [0.25, 0.3) is 0 Å². The molecule has 1 aliphatic rings. The van der Waals surface area contributed by atoms with E-state index >= 15 is 0 Å². The van der Waals surface area contributed by atoms with E-state index in [9.17, 15) is 0 Å². The van der Waals surface area contributed by atoms with E-state index in [4.69, 9.17) is 11.6 Å². The molecule has 1 aromatic heterocycles. The lowest BCUT2D eigenvalue weighted by atomic mass is 9.81. The van der Waals surface area contributed by atoms with Crippen LogP contribution in [0.3, 0.4) is 0 Å². The monoisotopic (exact) mass is 252 g/mol. The molecule has 2 nitrogen and oxygen atoms in total. The zero-order valence-corrected chi connectivity index (χ0v) is 11.2. The highest BCUT2D eigenvalue weighted by Gasteiger charge is 2.25. The van der Waals surface area contributed by atoms with E-state index in [2.05, 4.69) is 23.3 Å². The number of rotatable bonds is 4. The number of hydrogen-bond acceptors (Lipinski definition) is 2. The summed E-state index contributed by atoms with van der Waals surface area (Å²) in [7, 11) is 0. The minimum Gasteiger partial charge on any atom is -0.310 e. The highest BCUT2D eigenvalue weighted by atomic mass is 35.5. The summed E-state index contributed by atoms with van der Waals surface area (Å²) in [5.74, 6) is 0.726. The lowest BCUT2D eigenvalue weighted by molar-refractivity contribution is 0.274. The van der Waals surface area contributed by atoms with Crippen molar-refractivity contribution in [2.24, 2.45) is 5.92 Å². The molecule has 1 unspecified atom stereocenters. The maximum atomic E-state index is 6.27. The minimum atomic E-state index is 0.399. The van der Waals surface area contributed by atoms with Crippen LogP contribution >= 0.6 is 11.6 Å². The van der Waals surface area contributed by atoms with E-state index < -0.39 is 0 Å². The van der Waals surface area contributed by atoms with Crippen LogP contribution in [0, 0.1) is 5.92 Å². The summed E-state index contributed by atoms with van der Waals surface area (Å²) < 4.78 is 0.